The molecule has 110 valence electrons. The molecule has 0 spiro atoms. The predicted octanol–water partition coefficient (Wildman–Crippen LogP) is 3.81. The summed E-state index contributed by atoms with van der Waals surface area (Å²) in [5, 5.41) is 11.3. The van der Waals surface area contributed by atoms with Crippen molar-refractivity contribution in [2.45, 2.75) is 6.92 Å². The minimum absolute atomic E-state index is 0.389. The highest BCUT2D eigenvalue weighted by Gasteiger charge is 2.16. The molecule has 2 N–H and O–H groups in total. The van der Waals surface area contributed by atoms with Gasteiger partial charge in [-0.2, -0.15) is 0 Å². The lowest BCUT2D eigenvalue weighted by Crippen LogP contribution is -2.04. The minimum atomic E-state index is -1.39. The number of hydrogen-bond acceptors (Lipinski definition) is 3. The molecular formula is C15H13F2NO3. The quantitative estimate of drug-likeness (QED) is 0.880. The Bertz CT molecular complexity index is 651. The first-order chi connectivity index (χ1) is 10.0. The summed E-state index contributed by atoms with van der Waals surface area (Å²) in [6.07, 6.45) is 0. The maximum absolute atomic E-state index is 13.9. The van der Waals surface area contributed by atoms with Crippen molar-refractivity contribution in [1.29, 1.82) is 0 Å². The molecule has 0 radical (unpaired) electrons. The first kappa shape index (κ1) is 14.8. The summed E-state index contributed by atoms with van der Waals surface area (Å²) >= 11 is 0. The van der Waals surface area contributed by atoms with Crippen LogP contribution >= 0.6 is 0 Å². The van der Waals surface area contributed by atoms with Crippen molar-refractivity contribution < 1.29 is 23.4 Å². The van der Waals surface area contributed by atoms with Gasteiger partial charge in [-0.05, 0) is 31.2 Å². The number of anilines is 2. The van der Waals surface area contributed by atoms with E-state index in [0.29, 0.717) is 18.0 Å². The Balaban J connectivity index is 2.38. The third-order valence-electron chi connectivity index (χ3n) is 2.74. The summed E-state index contributed by atoms with van der Waals surface area (Å²) < 4.78 is 33.1. The van der Waals surface area contributed by atoms with Crippen molar-refractivity contribution >= 4 is 17.3 Å². The van der Waals surface area contributed by atoms with E-state index in [1.54, 1.807) is 31.2 Å². The minimum Gasteiger partial charge on any atom is -0.492 e. The summed E-state index contributed by atoms with van der Waals surface area (Å²) in [5.41, 5.74) is -0.485. The molecule has 2 aromatic carbocycles. The number of carboxylic acid groups (broad SMARTS) is 1. The molecule has 0 aliphatic rings. The van der Waals surface area contributed by atoms with Gasteiger partial charge in [0.1, 0.15) is 11.4 Å². The van der Waals surface area contributed by atoms with Crippen LogP contribution < -0.4 is 10.1 Å². The zero-order valence-electron chi connectivity index (χ0n) is 11.2. The first-order valence-corrected chi connectivity index (χ1v) is 6.24. The van der Waals surface area contributed by atoms with E-state index in [9.17, 15) is 13.6 Å². The van der Waals surface area contributed by atoms with E-state index in [-0.39, 0.29) is 0 Å². The van der Waals surface area contributed by atoms with Gasteiger partial charge in [-0.15, -0.1) is 0 Å². The monoisotopic (exact) mass is 293 g/mol. The molecule has 0 aliphatic carbocycles. The lowest BCUT2D eigenvalue weighted by Gasteiger charge is -2.13. The van der Waals surface area contributed by atoms with E-state index in [1.807, 2.05) is 0 Å². The fraction of sp³-hybridized carbons (Fsp3) is 0.133. The molecule has 21 heavy (non-hydrogen) atoms. The van der Waals surface area contributed by atoms with Crippen molar-refractivity contribution in [3.63, 3.8) is 0 Å². The fourth-order valence-corrected chi connectivity index (χ4v) is 1.80. The van der Waals surface area contributed by atoms with Gasteiger partial charge in [0.15, 0.2) is 11.6 Å². The molecule has 6 heteroatoms. The first-order valence-electron chi connectivity index (χ1n) is 6.24. The van der Waals surface area contributed by atoms with Gasteiger partial charge in [-0.25, -0.2) is 13.6 Å². The largest absolute Gasteiger partial charge is 0.492 e. The smallest absolute Gasteiger partial charge is 0.335 e. The molecule has 0 heterocycles. The van der Waals surface area contributed by atoms with E-state index >= 15 is 0 Å². The van der Waals surface area contributed by atoms with Gasteiger partial charge in [0.05, 0.1) is 17.9 Å². The number of ether oxygens (including phenoxy) is 1. The number of hydrogen-bond donors (Lipinski definition) is 2. The normalized spacial score (nSPS) is 10.2. The summed E-state index contributed by atoms with van der Waals surface area (Å²) in [6, 6.07) is 8.21. The van der Waals surface area contributed by atoms with Gasteiger partial charge in [0, 0.05) is 0 Å². The molecule has 2 rings (SSSR count). The number of carbonyl (C=O) groups is 1. The van der Waals surface area contributed by atoms with Gasteiger partial charge < -0.3 is 15.2 Å². The molecule has 0 aliphatic heterocycles. The Morgan fingerprint density at radius 2 is 1.86 bits per heavy atom. The summed E-state index contributed by atoms with van der Waals surface area (Å²) in [5.74, 6) is -2.92. The number of aromatic carboxylic acids is 1. The second kappa shape index (κ2) is 6.21. The molecule has 0 atom stereocenters. The highest BCUT2D eigenvalue weighted by atomic mass is 19.1. The molecule has 0 saturated carbocycles. The lowest BCUT2D eigenvalue weighted by atomic mass is 10.1. The van der Waals surface area contributed by atoms with Crippen LogP contribution in [0.25, 0.3) is 0 Å². The maximum atomic E-state index is 13.9. The van der Waals surface area contributed by atoms with E-state index in [2.05, 4.69) is 5.32 Å². The molecule has 0 aromatic heterocycles. The van der Waals surface area contributed by atoms with E-state index in [0.717, 1.165) is 12.1 Å². The zero-order chi connectivity index (χ0) is 15.4. The maximum Gasteiger partial charge on any atom is 0.335 e. The lowest BCUT2D eigenvalue weighted by molar-refractivity contribution is 0.0696. The summed E-state index contributed by atoms with van der Waals surface area (Å²) in [4.78, 5) is 10.7. The van der Waals surface area contributed by atoms with Crippen molar-refractivity contribution in [2.24, 2.45) is 0 Å². The third kappa shape index (κ3) is 3.28. The number of rotatable bonds is 5. The van der Waals surface area contributed by atoms with Crippen molar-refractivity contribution in [3.05, 3.63) is 53.6 Å². The molecule has 0 unspecified atom stereocenters. The van der Waals surface area contributed by atoms with Crippen LogP contribution in [-0.4, -0.2) is 17.7 Å². The number of para-hydroxylation sites is 2. The van der Waals surface area contributed by atoms with Gasteiger partial charge >= 0.3 is 5.97 Å². The van der Waals surface area contributed by atoms with Gasteiger partial charge in [-0.1, -0.05) is 12.1 Å². The Hall–Kier alpha value is -2.63. The van der Waals surface area contributed by atoms with Crippen LogP contribution in [-0.2, 0) is 0 Å². The number of nitrogens with one attached hydrogen (secondary N) is 1. The Labute approximate surface area is 120 Å². The van der Waals surface area contributed by atoms with Crippen LogP contribution in [0.4, 0.5) is 20.2 Å². The molecule has 0 saturated heterocycles. The molecule has 4 nitrogen and oxygen atoms in total. The van der Waals surface area contributed by atoms with Crippen molar-refractivity contribution in [3.8, 4) is 5.75 Å². The molecule has 0 bridgehead atoms. The summed E-state index contributed by atoms with van der Waals surface area (Å²) in [6.45, 7) is 2.20. The highest BCUT2D eigenvalue weighted by Crippen LogP contribution is 2.30. The third-order valence-corrected chi connectivity index (χ3v) is 2.74. The van der Waals surface area contributed by atoms with E-state index in [4.69, 9.17) is 9.84 Å². The van der Waals surface area contributed by atoms with Gasteiger partial charge in [0.25, 0.3) is 0 Å². The zero-order valence-corrected chi connectivity index (χ0v) is 11.2. The van der Waals surface area contributed by atoms with Crippen molar-refractivity contribution in [2.75, 3.05) is 11.9 Å². The predicted molar refractivity (Wildman–Crippen MR) is 74.2 cm³/mol. The van der Waals surface area contributed by atoms with Crippen LogP contribution in [0.3, 0.4) is 0 Å². The van der Waals surface area contributed by atoms with Crippen molar-refractivity contribution in [1.82, 2.24) is 0 Å². The van der Waals surface area contributed by atoms with Crippen LogP contribution in [0.5, 0.6) is 5.75 Å². The van der Waals surface area contributed by atoms with Crippen LogP contribution in [0.2, 0.25) is 0 Å². The van der Waals surface area contributed by atoms with Crippen LogP contribution in [0, 0.1) is 11.6 Å². The Kier molecular flexibility index (Phi) is 4.37. The second-order valence-corrected chi connectivity index (χ2v) is 4.17. The number of halogens is 2. The molecule has 0 fully saturated rings. The van der Waals surface area contributed by atoms with Crippen LogP contribution in [0.1, 0.15) is 17.3 Å². The molecule has 0 amide bonds. The van der Waals surface area contributed by atoms with Crippen LogP contribution in [0.15, 0.2) is 36.4 Å². The summed E-state index contributed by atoms with van der Waals surface area (Å²) in [7, 11) is 0. The van der Waals surface area contributed by atoms with E-state index < -0.39 is 28.9 Å². The average Bonchev–Trinajstić information content (AvgIpc) is 2.44. The second-order valence-electron chi connectivity index (χ2n) is 4.17. The average molecular weight is 293 g/mol. The molecular weight excluding hydrogens is 280 g/mol. The Morgan fingerprint density at radius 3 is 2.43 bits per heavy atom. The molecule has 2 aromatic rings. The SMILES string of the molecule is CCOc1ccccc1Nc1c(F)cc(C(=O)O)cc1F. The van der Waals surface area contributed by atoms with Gasteiger partial charge in [-0.3, -0.25) is 0 Å². The standard InChI is InChI=1S/C15H13F2NO3/c1-2-21-13-6-4-3-5-12(13)18-14-10(16)7-9(15(19)20)8-11(14)17/h3-8,18H,2H2,1H3,(H,19,20). The Morgan fingerprint density at radius 1 is 1.24 bits per heavy atom. The van der Waals surface area contributed by atoms with E-state index in [1.165, 1.54) is 0 Å². The number of carboxylic acids is 1. The topological polar surface area (TPSA) is 58.6 Å². The van der Waals surface area contributed by atoms with Gasteiger partial charge in [0.2, 0.25) is 0 Å². The fourth-order valence-electron chi connectivity index (χ4n) is 1.80. The highest BCUT2D eigenvalue weighted by molar-refractivity contribution is 5.88. The number of benzene rings is 2.